The van der Waals surface area contributed by atoms with Crippen molar-refractivity contribution in [3.63, 3.8) is 0 Å². The molecule has 1 aromatic rings. The lowest BCUT2D eigenvalue weighted by Crippen LogP contribution is -2.01. The fraction of sp³-hybridized carbons (Fsp3) is 0. The first-order valence-corrected chi connectivity index (χ1v) is 4.89. The van der Waals surface area contributed by atoms with Crippen molar-refractivity contribution in [1.82, 2.24) is 0 Å². The van der Waals surface area contributed by atoms with E-state index in [2.05, 4.69) is 0 Å². The summed E-state index contributed by atoms with van der Waals surface area (Å²) in [5, 5.41) is 8.47. The molecule has 1 rings (SSSR count). The first kappa shape index (κ1) is 10.7. The van der Waals surface area contributed by atoms with E-state index >= 15 is 0 Å². The first-order chi connectivity index (χ1) is 6.45. The summed E-state index contributed by atoms with van der Waals surface area (Å²) >= 11 is 5.54. The third kappa shape index (κ3) is 1.78. The SMILES string of the molecule is Nc1c([N+](=O)O)ccc(Cl)c1[SH](=O)=O. The summed E-state index contributed by atoms with van der Waals surface area (Å²) in [6, 6.07) is 2.28. The summed E-state index contributed by atoms with van der Waals surface area (Å²) in [7, 11) is -3.01. The van der Waals surface area contributed by atoms with E-state index in [4.69, 9.17) is 22.5 Å². The van der Waals surface area contributed by atoms with E-state index in [9.17, 15) is 13.3 Å². The minimum Gasteiger partial charge on any atom is -0.392 e. The van der Waals surface area contributed by atoms with E-state index in [1.807, 2.05) is 0 Å². The highest BCUT2D eigenvalue weighted by molar-refractivity contribution is 7.72. The third-order valence-electron chi connectivity index (χ3n) is 1.53. The molecule has 1 aromatic carbocycles. The van der Waals surface area contributed by atoms with E-state index in [0.29, 0.717) is 0 Å². The smallest absolute Gasteiger partial charge is 0.340 e. The number of benzene rings is 1. The van der Waals surface area contributed by atoms with Crippen molar-refractivity contribution in [2.24, 2.45) is 0 Å². The molecule has 0 aliphatic heterocycles. The highest BCUT2D eigenvalue weighted by Gasteiger charge is 2.22. The molecule has 0 radical (unpaired) electrons. The minimum absolute atomic E-state index is 0.0933. The fourth-order valence-electron chi connectivity index (χ4n) is 0.923. The molecule has 8 heteroatoms. The molecule has 76 valence electrons. The largest absolute Gasteiger partial charge is 0.392 e. The van der Waals surface area contributed by atoms with Crippen LogP contribution >= 0.6 is 11.6 Å². The normalized spacial score (nSPS) is 10.4. The Morgan fingerprint density at radius 1 is 1.43 bits per heavy atom. The Kier molecular flexibility index (Phi) is 2.92. The Bertz CT molecular complexity index is 463. The van der Waals surface area contributed by atoms with Crippen molar-refractivity contribution in [3.05, 3.63) is 22.1 Å². The maximum absolute atomic E-state index is 10.7. The molecule has 0 heterocycles. The van der Waals surface area contributed by atoms with Crippen molar-refractivity contribution in [2.75, 3.05) is 5.73 Å². The van der Waals surface area contributed by atoms with E-state index < -0.39 is 15.6 Å². The number of rotatable bonds is 2. The summed E-state index contributed by atoms with van der Waals surface area (Å²) < 4.78 is 21.4. The van der Waals surface area contributed by atoms with E-state index in [1.54, 1.807) is 0 Å². The number of nitrogens with zero attached hydrogens (tertiary/aromatic N) is 1. The van der Waals surface area contributed by atoms with Crippen LogP contribution in [0.25, 0.3) is 0 Å². The molecule has 0 aliphatic rings. The van der Waals surface area contributed by atoms with Gasteiger partial charge in [0, 0.05) is 6.07 Å². The summed E-state index contributed by atoms with van der Waals surface area (Å²) in [6.07, 6.45) is 0. The van der Waals surface area contributed by atoms with Crippen molar-refractivity contribution in [3.8, 4) is 0 Å². The lowest BCUT2D eigenvalue weighted by Gasteiger charge is -1.99. The average Bonchev–Trinajstić information content (AvgIpc) is 2.02. The van der Waals surface area contributed by atoms with Crippen molar-refractivity contribution < 1.29 is 18.5 Å². The van der Waals surface area contributed by atoms with Crippen LogP contribution < -0.4 is 5.73 Å². The number of hydrogen-bond acceptors (Lipinski definition) is 4. The van der Waals surface area contributed by atoms with Crippen LogP contribution in [0.4, 0.5) is 11.4 Å². The van der Waals surface area contributed by atoms with Gasteiger partial charge in [-0.25, -0.2) is 13.6 Å². The van der Waals surface area contributed by atoms with Gasteiger partial charge in [-0.2, -0.15) is 0 Å². The Morgan fingerprint density at radius 2 is 2.00 bits per heavy atom. The second-order valence-electron chi connectivity index (χ2n) is 2.36. The zero-order valence-corrected chi connectivity index (χ0v) is 8.33. The summed E-state index contributed by atoms with van der Waals surface area (Å²) in [5.74, 6) is 0. The van der Waals surface area contributed by atoms with Crippen molar-refractivity contribution in [1.29, 1.82) is 0 Å². The van der Waals surface area contributed by atoms with Crippen LogP contribution in [0.15, 0.2) is 17.0 Å². The lowest BCUT2D eigenvalue weighted by atomic mass is 10.3. The number of anilines is 1. The van der Waals surface area contributed by atoms with Gasteiger partial charge in [0.05, 0.1) is 9.93 Å². The van der Waals surface area contributed by atoms with Gasteiger partial charge in [-0.3, -0.25) is 0 Å². The topological polar surface area (TPSA) is 100 Å². The first-order valence-electron chi connectivity index (χ1n) is 3.33. The Hall–Kier alpha value is -1.34. The summed E-state index contributed by atoms with van der Waals surface area (Å²) in [5.41, 5.74) is 4.59. The van der Waals surface area contributed by atoms with Crippen molar-refractivity contribution >= 4 is 33.7 Å². The van der Waals surface area contributed by atoms with Gasteiger partial charge in [0.25, 0.3) is 4.92 Å². The fourth-order valence-corrected chi connectivity index (χ4v) is 1.86. The van der Waals surface area contributed by atoms with Gasteiger partial charge in [0.15, 0.2) is 10.7 Å². The molecule has 0 saturated heterocycles. The zero-order chi connectivity index (χ0) is 10.9. The van der Waals surface area contributed by atoms with Crippen LogP contribution in [0.1, 0.15) is 0 Å². The van der Waals surface area contributed by atoms with Crippen LogP contribution in [0, 0.1) is 4.91 Å². The third-order valence-corrected chi connectivity index (χ3v) is 2.83. The van der Waals surface area contributed by atoms with Crippen LogP contribution in [-0.4, -0.2) is 18.5 Å². The molecule has 6 nitrogen and oxygen atoms in total. The predicted molar refractivity (Wildman–Crippen MR) is 49.5 cm³/mol. The second kappa shape index (κ2) is 3.81. The molecular weight excluding hydrogens is 232 g/mol. The summed E-state index contributed by atoms with van der Waals surface area (Å²) in [6.45, 7) is 0. The number of nitrogen functional groups attached to an aromatic ring is 1. The van der Waals surface area contributed by atoms with E-state index in [0.717, 1.165) is 12.1 Å². The van der Waals surface area contributed by atoms with E-state index in [1.165, 1.54) is 0 Å². The monoisotopic (exact) mass is 237 g/mol. The molecule has 0 amide bonds. The number of nitrogens with two attached hydrogens (primary N) is 1. The summed E-state index contributed by atoms with van der Waals surface area (Å²) in [4.78, 5) is 9.62. The highest BCUT2D eigenvalue weighted by Crippen LogP contribution is 2.31. The van der Waals surface area contributed by atoms with E-state index in [-0.39, 0.29) is 21.3 Å². The number of halogens is 1. The minimum atomic E-state index is -3.01. The van der Waals surface area contributed by atoms with Gasteiger partial charge in [-0.1, -0.05) is 11.6 Å². The molecule has 0 aromatic heterocycles. The van der Waals surface area contributed by atoms with Gasteiger partial charge in [-0.05, 0) is 6.07 Å². The molecule has 3 N–H and O–H groups in total. The maximum Gasteiger partial charge on any atom is 0.340 e. The molecule has 0 bridgehead atoms. The van der Waals surface area contributed by atoms with Crippen LogP contribution in [0.5, 0.6) is 0 Å². The molecule has 0 spiro atoms. The van der Waals surface area contributed by atoms with Crippen LogP contribution in [-0.2, 0) is 10.7 Å². The van der Waals surface area contributed by atoms with Gasteiger partial charge in [0.2, 0.25) is 0 Å². The van der Waals surface area contributed by atoms with Crippen LogP contribution in [0.2, 0.25) is 5.02 Å². The van der Waals surface area contributed by atoms with Crippen LogP contribution in [0.3, 0.4) is 0 Å². The van der Waals surface area contributed by atoms with Crippen molar-refractivity contribution in [2.45, 2.75) is 4.90 Å². The van der Waals surface area contributed by atoms with Gasteiger partial charge < -0.3 is 5.73 Å². The molecule has 0 unspecified atom stereocenters. The maximum atomic E-state index is 10.7. The predicted octanol–water partition coefficient (Wildman–Crippen LogP) is 0.692. The number of hydrogen-bond donors (Lipinski definition) is 3. The molecule has 0 atom stereocenters. The highest BCUT2D eigenvalue weighted by atomic mass is 35.5. The molecular formula is C6H6ClN2O4S+. The van der Waals surface area contributed by atoms with Gasteiger partial charge in [0.1, 0.15) is 10.6 Å². The lowest BCUT2D eigenvalue weighted by molar-refractivity contribution is -0.729. The Balaban J connectivity index is 3.57. The zero-order valence-electron chi connectivity index (χ0n) is 6.68. The second-order valence-corrected chi connectivity index (χ2v) is 3.73. The van der Waals surface area contributed by atoms with Gasteiger partial charge in [-0.15, -0.1) is 0 Å². The standard InChI is InChI=1S/C6H6ClN2O4S/c7-3-1-2-4(9(10)11)5(8)6(3)14(12)13/h1-2,14H,8H2,(H,10,11)/q+1. The quantitative estimate of drug-likeness (QED) is 0.399. The number of thiol groups is 1. The van der Waals surface area contributed by atoms with Gasteiger partial charge >= 0.3 is 5.69 Å². The molecule has 0 aliphatic carbocycles. The Labute approximate surface area is 85.4 Å². The molecule has 14 heavy (non-hydrogen) atoms. The Morgan fingerprint density at radius 3 is 2.43 bits per heavy atom. The average molecular weight is 238 g/mol. The molecule has 0 fully saturated rings. The molecule has 0 saturated carbocycles.